The van der Waals surface area contributed by atoms with E-state index in [2.05, 4.69) is 32.7 Å². The molecule has 2 N–H and O–H groups in total. The third kappa shape index (κ3) is 4.01. The van der Waals surface area contributed by atoms with Crippen LogP contribution in [0, 0.1) is 0 Å². The van der Waals surface area contributed by atoms with E-state index in [0.29, 0.717) is 18.1 Å². The van der Waals surface area contributed by atoms with E-state index in [1.807, 2.05) is 18.2 Å². The van der Waals surface area contributed by atoms with Crippen molar-refractivity contribution in [2.24, 2.45) is 0 Å². The molecule has 0 radical (unpaired) electrons. The second-order valence-electron chi connectivity index (χ2n) is 4.23. The second kappa shape index (κ2) is 7.18. The van der Waals surface area contributed by atoms with Gasteiger partial charge in [-0.25, -0.2) is 0 Å². The molecule has 0 saturated heterocycles. The zero-order chi connectivity index (χ0) is 14.2. The van der Waals surface area contributed by atoms with Gasteiger partial charge in [0.2, 0.25) is 0 Å². The molecule has 0 unspecified atom stereocenters. The van der Waals surface area contributed by atoms with E-state index >= 15 is 0 Å². The first-order valence-corrected chi connectivity index (χ1v) is 6.55. The van der Waals surface area contributed by atoms with Crippen molar-refractivity contribution < 1.29 is 4.79 Å². The van der Waals surface area contributed by atoms with Crippen molar-refractivity contribution in [1.29, 1.82) is 0 Å². The minimum Gasteiger partial charge on any atom is -0.369 e. The fourth-order valence-electron chi connectivity index (χ4n) is 1.56. The lowest BCUT2D eigenvalue weighted by atomic mass is 10.3. The first-order valence-electron chi connectivity index (χ1n) is 6.55. The molecule has 2 heterocycles. The van der Waals surface area contributed by atoms with Crippen LogP contribution in [0.1, 0.15) is 29.5 Å². The van der Waals surface area contributed by atoms with Gasteiger partial charge in [-0.1, -0.05) is 13.0 Å². The smallest absolute Gasteiger partial charge is 0.272 e. The van der Waals surface area contributed by atoms with Crippen molar-refractivity contribution in [2.45, 2.75) is 19.9 Å². The molecule has 2 aromatic rings. The lowest BCUT2D eigenvalue weighted by Gasteiger charge is -2.05. The Kier molecular flexibility index (Phi) is 5.00. The minimum atomic E-state index is -0.259. The highest BCUT2D eigenvalue weighted by molar-refractivity contribution is 5.92. The minimum absolute atomic E-state index is 0.259. The molecule has 0 aliphatic rings. The molecule has 1 amide bonds. The largest absolute Gasteiger partial charge is 0.369 e. The summed E-state index contributed by atoms with van der Waals surface area (Å²) in [5, 5.41) is 13.7. The summed E-state index contributed by atoms with van der Waals surface area (Å²) in [6.07, 6.45) is 2.70. The molecule has 0 aromatic carbocycles. The number of anilines is 1. The topological polar surface area (TPSA) is 79.8 Å². The molecular weight excluding hydrogens is 254 g/mol. The Morgan fingerprint density at radius 1 is 1.20 bits per heavy atom. The number of nitrogens with one attached hydrogen (secondary N) is 2. The fourth-order valence-corrected chi connectivity index (χ4v) is 1.56. The predicted molar refractivity (Wildman–Crippen MR) is 76.2 cm³/mol. The van der Waals surface area contributed by atoms with Gasteiger partial charge in [-0.2, -0.15) is 0 Å². The summed E-state index contributed by atoms with van der Waals surface area (Å²) in [5.41, 5.74) is 1.10. The van der Waals surface area contributed by atoms with Crippen molar-refractivity contribution in [1.82, 2.24) is 20.5 Å². The summed E-state index contributed by atoms with van der Waals surface area (Å²) in [6, 6.07) is 8.96. The number of aromatic nitrogens is 3. The molecule has 2 aromatic heterocycles. The summed E-state index contributed by atoms with van der Waals surface area (Å²) >= 11 is 0. The van der Waals surface area contributed by atoms with E-state index in [-0.39, 0.29) is 5.91 Å². The lowest BCUT2D eigenvalue weighted by Crippen LogP contribution is -2.24. The first kappa shape index (κ1) is 13.9. The van der Waals surface area contributed by atoms with Crippen molar-refractivity contribution in [3.05, 3.63) is 47.9 Å². The van der Waals surface area contributed by atoms with Crippen LogP contribution in [0.2, 0.25) is 0 Å². The maximum Gasteiger partial charge on any atom is 0.272 e. The van der Waals surface area contributed by atoms with Crippen LogP contribution in [0.25, 0.3) is 0 Å². The van der Waals surface area contributed by atoms with Crippen molar-refractivity contribution in [3.63, 3.8) is 0 Å². The molecule has 0 aliphatic carbocycles. The fraction of sp³-hybridized carbons (Fsp3) is 0.286. The molecule has 0 spiro atoms. The Hall–Kier alpha value is -2.50. The standard InChI is InChI=1S/C14H17N5O/c1-2-8-16-13-7-6-12(18-19-13)14(20)17-10-11-5-3-4-9-15-11/h3-7,9H,2,8,10H2,1H3,(H,16,19)(H,17,20). The normalized spacial score (nSPS) is 10.1. The second-order valence-corrected chi connectivity index (χ2v) is 4.23. The zero-order valence-corrected chi connectivity index (χ0v) is 11.3. The Bertz CT molecular complexity index is 541. The van der Waals surface area contributed by atoms with E-state index in [0.717, 1.165) is 18.7 Å². The Labute approximate surface area is 117 Å². The van der Waals surface area contributed by atoms with Crippen LogP contribution in [0.3, 0.4) is 0 Å². The first-order chi connectivity index (χ1) is 9.79. The number of pyridine rings is 1. The Balaban J connectivity index is 1.89. The average molecular weight is 271 g/mol. The van der Waals surface area contributed by atoms with Gasteiger partial charge in [0.25, 0.3) is 5.91 Å². The summed E-state index contributed by atoms with van der Waals surface area (Å²) in [5.74, 6) is 0.415. The molecule has 2 rings (SSSR count). The predicted octanol–water partition coefficient (Wildman–Crippen LogP) is 1.62. The summed E-state index contributed by atoms with van der Waals surface area (Å²) in [6.45, 7) is 3.27. The number of carbonyl (C=O) groups is 1. The van der Waals surface area contributed by atoms with Crippen molar-refractivity contribution in [2.75, 3.05) is 11.9 Å². The Morgan fingerprint density at radius 3 is 2.75 bits per heavy atom. The molecule has 0 bridgehead atoms. The van der Waals surface area contributed by atoms with Crippen LogP contribution in [-0.2, 0) is 6.54 Å². The number of carbonyl (C=O) groups excluding carboxylic acids is 1. The van der Waals surface area contributed by atoms with Crippen molar-refractivity contribution in [3.8, 4) is 0 Å². The van der Waals surface area contributed by atoms with Crippen LogP contribution in [-0.4, -0.2) is 27.6 Å². The number of rotatable bonds is 6. The van der Waals surface area contributed by atoms with Gasteiger partial charge in [-0.3, -0.25) is 9.78 Å². The highest BCUT2D eigenvalue weighted by atomic mass is 16.1. The van der Waals surface area contributed by atoms with Crippen LogP contribution in [0.5, 0.6) is 0 Å². The maximum atomic E-state index is 11.9. The Morgan fingerprint density at radius 2 is 2.10 bits per heavy atom. The van der Waals surface area contributed by atoms with E-state index in [4.69, 9.17) is 0 Å². The van der Waals surface area contributed by atoms with Gasteiger partial charge in [0.05, 0.1) is 12.2 Å². The third-order valence-electron chi connectivity index (χ3n) is 2.61. The van der Waals surface area contributed by atoms with Gasteiger partial charge < -0.3 is 10.6 Å². The molecule has 0 aliphatic heterocycles. The average Bonchev–Trinajstić information content (AvgIpc) is 2.52. The zero-order valence-electron chi connectivity index (χ0n) is 11.3. The molecule has 0 saturated carbocycles. The van der Waals surface area contributed by atoms with E-state index in [1.54, 1.807) is 18.3 Å². The number of nitrogens with zero attached hydrogens (tertiary/aromatic N) is 3. The van der Waals surface area contributed by atoms with E-state index in [9.17, 15) is 4.79 Å². The highest BCUT2D eigenvalue weighted by Crippen LogP contribution is 2.02. The SMILES string of the molecule is CCCNc1ccc(C(=O)NCc2ccccn2)nn1. The van der Waals surface area contributed by atoms with Crippen LogP contribution in [0.15, 0.2) is 36.5 Å². The van der Waals surface area contributed by atoms with Crippen LogP contribution >= 0.6 is 0 Å². The maximum absolute atomic E-state index is 11.9. The monoisotopic (exact) mass is 271 g/mol. The molecule has 104 valence electrons. The number of amides is 1. The van der Waals surface area contributed by atoms with E-state index < -0.39 is 0 Å². The van der Waals surface area contributed by atoms with Gasteiger partial charge in [0, 0.05) is 12.7 Å². The lowest BCUT2D eigenvalue weighted by molar-refractivity contribution is 0.0944. The summed E-state index contributed by atoms with van der Waals surface area (Å²) < 4.78 is 0. The third-order valence-corrected chi connectivity index (χ3v) is 2.61. The summed E-state index contributed by atoms with van der Waals surface area (Å²) in [7, 11) is 0. The van der Waals surface area contributed by atoms with Crippen LogP contribution < -0.4 is 10.6 Å². The number of hydrogen-bond acceptors (Lipinski definition) is 5. The van der Waals surface area contributed by atoms with Gasteiger partial charge >= 0.3 is 0 Å². The highest BCUT2D eigenvalue weighted by Gasteiger charge is 2.07. The van der Waals surface area contributed by atoms with Crippen molar-refractivity contribution >= 4 is 11.7 Å². The number of hydrogen-bond donors (Lipinski definition) is 2. The molecule has 0 fully saturated rings. The van der Waals surface area contributed by atoms with Gasteiger partial charge in [-0.05, 0) is 30.7 Å². The summed E-state index contributed by atoms with van der Waals surface area (Å²) in [4.78, 5) is 16.0. The molecule has 6 nitrogen and oxygen atoms in total. The molecule has 20 heavy (non-hydrogen) atoms. The van der Waals surface area contributed by atoms with Crippen LogP contribution in [0.4, 0.5) is 5.82 Å². The molecule has 0 atom stereocenters. The molecule has 6 heteroatoms. The van der Waals surface area contributed by atoms with Gasteiger partial charge in [-0.15, -0.1) is 10.2 Å². The van der Waals surface area contributed by atoms with Gasteiger partial charge in [0.15, 0.2) is 5.69 Å². The van der Waals surface area contributed by atoms with E-state index in [1.165, 1.54) is 0 Å². The quantitative estimate of drug-likeness (QED) is 0.834. The van der Waals surface area contributed by atoms with Gasteiger partial charge in [0.1, 0.15) is 5.82 Å². The molecular formula is C14H17N5O.